The molecule has 0 aliphatic carbocycles. The average molecular weight is 558 g/mol. The standard InChI is InChI=1S/C26H32ClN7O3S/c1-16-13-34-25(29-26(16)32-14-22(28-3)24(35)15-32)12-21(30-34)23-7-5-6-10-33(23)17(2)19-11-18(27)8-9-20(19)31-38(4,36)37/h8-9,11-13,23-24,31,35H,2,5-7,10,14-15H2,1,3-4H3/t23-,24?/m0/s1. The summed E-state index contributed by atoms with van der Waals surface area (Å²) >= 11 is 6.30. The molecule has 0 amide bonds. The van der Waals surface area contributed by atoms with Gasteiger partial charge in [-0.1, -0.05) is 18.2 Å². The number of aliphatic hydroxyl groups is 1. The molecule has 0 radical (unpaired) electrons. The van der Waals surface area contributed by atoms with Gasteiger partial charge in [-0.3, -0.25) is 9.71 Å². The predicted molar refractivity (Wildman–Crippen MR) is 152 cm³/mol. The van der Waals surface area contributed by atoms with E-state index in [-0.39, 0.29) is 6.04 Å². The summed E-state index contributed by atoms with van der Waals surface area (Å²) in [4.78, 5) is 13.3. The number of β-amino-alcohol motifs (C(OH)–C–C–N with tert-alkyl or cyclic N) is 1. The maximum Gasteiger partial charge on any atom is 0.229 e. The number of nitrogens with one attached hydrogen (secondary N) is 1. The largest absolute Gasteiger partial charge is 0.385 e. The quantitative estimate of drug-likeness (QED) is 0.476. The third-order valence-corrected chi connectivity index (χ3v) is 7.95. The number of aliphatic hydroxyl groups excluding tert-OH is 1. The molecule has 2 atom stereocenters. The predicted octanol–water partition coefficient (Wildman–Crippen LogP) is 3.51. The zero-order valence-corrected chi connectivity index (χ0v) is 23.3. The minimum atomic E-state index is -3.49. The van der Waals surface area contributed by atoms with Gasteiger partial charge in [-0.25, -0.2) is 17.9 Å². The van der Waals surface area contributed by atoms with Crippen LogP contribution in [0.2, 0.25) is 5.02 Å². The Morgan fingerprint density at radius 1 is 1.29 bits per heavy atom. The van der Waals surface area contributed by atoms with Crippen molar-refractivity contribution in [2.75, 3.05) is 42.6 Å². The number of sulfonamides is 1. The van der Waals surface area contributed by atoms with Crippen LogP contribution in [0, 0.1) is 6.92 Å². The molecule has 12 heteroatoms. The minimum absolute atomic E-state index is 0.0563. The smallest absolute Gasteiger partial charge is 0.229 e. The molecule has 0 saturated carbocycles. The fraction of sp³-hybridized carbons (Fsp3) is 0.423. The fourth-order valence-corrected chi connectivity index (χ4v) is 6.07. The number of aryl methyl sites for hydroxylation is 1. The maximum absolute atomic E-state index is 12.0. The Morgan fingerprint density at radius 2 is 2.08 bits per heavy atom. The Balaban J connectivity index is 1.48. The van der Waals surface area contributed by atoms with Crippen molar-refractivity contribution in [2.24, 2.45) is 4.99 Å². The molecule has 2 N–H and O–H groups in total. The number of hydrogen-bond acceptors (Lipinski definition) is 8. The van der Waals surface area contributed by atoms with E-state index in [0.717, 1.165) is 60.5 Å². The molecule has 3 aromatic rings. The molecule has 2 aliphatic heterocycles. The molecular formula is C26H32ClN7O3S. The molecule has 202 valence electrons. The van der Waals surface area contributed by atoms with Crippen molar-refractivity contribution < 1.29 is 13.5 Å². The molecule has 38 heavy (non-hydrogen) atoms. The number of aliphatic imine (C=N–C) groups is 1. The Kier molecular flexibility index (Phi) is 7.10. The van der Waals surface area contributed by atoms with Crippen LogP contribution in [-0.4, -0.2) is 77.8 Å². The summed E-state index contributed by atoms with van der Waals surface area (Å²) in [5.74, 6) is 0.807. The highest BCUT2D eigenvalue weighted by atomic mass is 35.5. The number of nitrogens with zero attached hydrogens (tertiary/aromatic N) is 6. The summed E-state index contributed by atoms with van der Waals surface area (Å²) in [5, 5.41) is 15.7. The SMILES string of the molecule is C=C(c1cc(Cl)ccc1NS(C)(=O)=O)N1CCCC[C@H]1c1cc2nc(N3CC(=NC)C(O)C3)c(C)cn2n1. The number of likely N-dealkylation sites (tertiary alicyclic amines) is 1. The highest BCUT2D eigenvalue weighted by molar-refractivity contribution is 7.92. The van der Waals surface area contributed by atoms with E-state index in [1.54, 1.807) is 29.8 Å². The van der Waals surface area contributed by atoms with Crippen molar-refractivity contribution in [3.05, 3.63) is 58.9 Å². The van der Waals surface area contributed by atoms with Gasteiger partial charge in [0.05, 0.1) is 42.5 Å². The summed E-state index contributed by atoms with van der Waals surface area (Å²) in [5.41, 5.74) is 5.05. The van der Waals surface area contributed by atoms with Crippen LogP contribution < -0.4 is 9.62 Å². The second-order valence-electron chi connectivity index (χ2n) is 9.95. The summed E-state index contributed by atoms with van der Waals surface area (Å²) < 4.78 is 28.4. The van der Waals surface area contributed by atoms with E-state index in [9.17, 15) is 13.5 Å². The lowest BCUT2D eigenvalue weighted by Crippen LogP contribution is -2.32. The van der Waals surface area contributed by atoms with E-state index in [0.29, 0.717) is 35.1 Å². The van der Waals surface area contributed by atoms with E-state index < -0.39 is 16.1 Å². The first-order valence-electron chi connectivity index (χ1n) is 12.5. The van der Waals surface area contributed by atoms with Crippen LogP contribution in [0.3, 0.4) is 0 Å². The molecule has 1 aromatic carbocycles. The number of aromatic nitrogens is 3. The molecule has 0 spiro atoms. The van der Waals surface area contributed by atoms with Crippen molar-refractivity contribution in [3.8, 4) is 0 Å². The third kappa shape index (κ3) is 5.23. The lowest BCUT2D eigenvalue weighted by Gasteiger charge is -2.38. The van der Waals surface area contributed by atoms with Gasteiger partial charge in [0.25, 0.3) is 0 Å². The Bertz CT molecular complexity index is 1540. The van der Waals surface area contributed by atoms with Gasteiger partial charge < -0.3 is 14.9 Å². The van der Waals surface area contributed by atoms with E-state index >= 15 is 0 Å². The van der Waals surface area contributed by atoms with Crippen LogP contribution in [0.5, 0.6) is 0 Å². The summed E-state index contributed by atoms with van der Waals surface area (Å²) in [6, 6.07) is 6.99. The van der Waals surface area contributed by atoms with E-state index in [1.807, 2.05) is 24.1 Å². The molecular weight excluding hydrogens is 526 g/mol. The maximum atomic E-state index is 12.0. The van der Waals surface area contributed by atoms with Crippen molar-refractivity contribution in [3.63, 3.8) is 0 Å². The Hall–Kier alpha value is -3.15. The van der Waals surface area contributed by atoms with Gasteiger partial charge in [-0.2, -0.15) is 5.10 Å². The van der Waals surface area contributed by atoms with E-state index in [1.165, 1.54) is 0 Å². The Labute approximate surface area is 227 Å². The van der Waals surface area contributed by atoms with Crippen molar-refractivity contribution in [1.82, 2.24) is 19.5 Å². The first-order chi connectivity index (χ1) is 18.0. The van der Waals surface area contributed by atoms with Crippen LogP contribution in [0.25, 0.3) is 11.3 Å². The molecule has 2 fully saturated rings. The first-order valence-corrected chi connectivity index (χ1v) is 14.8. The lowest BCUT2D eigenvalue weighted by molar-refractivity contribution is 0.226. The van der Waals surface area contributed by atoms with Gasteiger partial charge in [0, 0.05) is 47.7 Å². The highest BCUT2D eigenvalue weighted by Gasteiger charge is 2.31. The summed E-state index contributed by atoms with van der Waals surface area (Å²) in [6.45, 7) is 8.09. The molecule has 5 rings (SSSR count). The number of hydrogen-bond donors (Lipinski definition) is 2. The van der Waals surface area contributed by atoms with Gasteiger partial charge >= 0.3 is 0 Å². The topological polar surface area (TPSA) is 115 Å². The molecule has 2 aromatic heterocycles. The third-order valence-electron chi connectivity index (χ3n) is 7.12. The zero-order valence-electron chi connectivity index (χ0n) is 21.7. The molecule has 2 saturated heterocycles. The van der Waals surface area contributed by atoms with Crippen LogP contribution in [-0.2, 0) is 10.0 Å². The van der Waals surface area contributed by atoms with Crippen LogP contribution in [0.15, 0.2) is 42.0 Å². The first kappa shape index (κ1) is 26.5. The number of fused-ring (bicyclic) bond motifs is 1. The highest BCUT2D eigenvalue weighted by Crippen LogP contribution is 2.39. The Morgan fingerprint density at radius 3 is 2.79 bits per heavy atom. The van der Waals surface area contributed by atoms with Crippen molar-refractivity contribution >= 4 is 50.2 Å². The number of piperidine rings is 1. The second-order valence-corrected chi connectivity index (χ2v) is 12.1. The van der Waals surface area contributed by atoms with Gasteiger partial charge in [-0.05, 0) is 44.4 Å². The number of rotatable bonds is 6. The number of halogens is 1. The van der Waals surface area contributed by atoms with Gasteiger partial charge in [0.2, 0.25) is 10.0 Å². The molecule has 0 bridgehead atoms. The minimum Gasteiger partial charge on any atom is -0.385 e. The lowest BCUT2D eigenvalue weighted by atomic mass is 9.97. The number of benzene rings is 1. The molecule has 2 aliphatic rings. The van der Waals surface area contributed by atoms with Crippen molar-refractivity contribution in [1.29, 1.82) is 0 Å². The van der Waals surface area contributed by atoms with E-state index in [4.69, 9.17) is 21.7 Å². The summed E-state index contributed by atoms with van der Waals surface area (Å²) in [7, 11) is -1.79. The molecule has 1 unspecified atom stereocenters. The molecule has 4 heterocycles. The van der Waals surface area contributed by atoms with Crippen molar-refractivity contribution in [2.45, 2.75) is 38.3 Å². The van der Waals surface area contributed by atoms with Crippen LogP contribution >= 0.6 is 11.6 Å². The molecule has 10 nitrogen and oxygen atoms in total. The zero-order chi connectivity index (χ0) is 27.2. The second kappa shape index (κ2) is 10.2. The number of anilines is 2. The fourth-order valence-electron chi connectivity index (χ4n) is 5.32. The average Bonchev–Trinajstić information content (AvgIpc) is 3.45. The summed E-state index contributed by atoms with van der Waals surface area (Å²) in [6.07, 6.45) is 5.39. The van der Waals surface area contributed by atoms with Crippen LogP contribution in [0.4, 0.5) is 11.5 Å². The van der Waals surface area contributed by atoms with Gasteiger partial charge in [-0.15, -0.1) is 0 Å². The van der Waals surface area contributed by atoms with Crippen LogP contribution in [0.1, 0.15) is 42.1 Å². The normalized spacial score (nSPS) is 21.4. The van der Waals surface area contributed by atoms with Gasteiger partial charge in [0.15, 0.2) is 5.65 Å². The van der Waals surface area contributed by atoms with E-state index in [2.05, 4.69) is 21.2 Å². The monoisotopic (exact) mass is 557 g/mol. The van der Waals surface area contributed by atoms with Gasteiger partial charge in [0.1, 0.15) is 11.9 Å².